The van der Waals surface area contributed by atoms with E-state index in [9.17, 15) is 20.1 Å². The number of anilines is 1. The van der Waals surface area contributed by atoms with Crippen LogP contribution in [0.5, 0.6) is 0 Å². The SMILES string of the molecule is Cc1nc([C@@](Cc2ccc(-c3ccccc3)cc2)(OC2[C@H]3O[C@@H](n4cnc5c(N)nc(Cl)nc54)[C@H](O)[C@@]23O)C(=O)O)cs1. The molecule has 43 heavy (non-hydrogen) atoms. The number of halogens is 1. The van der Waals surface area contributed by atoms with E-state index >= 15 is 0 Å². The molecular formula is C29H25ClN6O6S. The third-order valence-electron chi connectivity index (χ3n) is 8.02. The minimum absolute atomic E-state index is 0.0490. The lowest BCUT2D eigenvalue weighted by atomic mass is 9.90. The van der Waals surface area contributed by atoms with Gasteiger partial charge in [-0.05, 0) is 35.2 Å². The van der Waals surface area contributed by atoms with Crippen molar-refractivity contribution in [2.75, 3.05) is 5.73 Å². The highest BCUT2D eigenvalue weighted by Gasteiger charge is 2.79. The van der Waals surface area contributed by atoms with Crippen LogP contribution >= 0.6 is 22.9 Å². The Hall–Kier alpha value is -3.98. The third kappa shape index (κ3) is 4.39. The number of hydrogen-bond donors (Lipinski definition) is 4. The number of nitrogen functional groups attached to an aromatic ring is 1. The summed E-state index contributed by atoms with van der Waals surface area (Å²) in [5.74, 6) is -1.24. The first-order chi connectivity index (χ1) is 20.6. The molecule has 0 amide bonds. The molecule has 7 rings (SSSR count). The predicted octanol–water partition coefficient (Wildman–Crippen LogP) is 3.10. The molecule has 12 nitrogen and oxygen atoms in total. The number of carboxylic acid groups (broad SMARTS) is 1. The standard InChI is InChI=1S/C29H25ClN6O6S/c1-14-33-18(12-43-14)28(26(38)39,11-15-7-9-17(10-8-15)16-5-3-2-4-6-16)42-22-21-29(22,40)20(37)25(41-21)36-13-32-19-23(31)34-27(30)35-24(19)36/h2-10,12-13,20-22,25,37,40H,11H2,1H3,(H,38,39)(H2,31,34,35)/t20-,21+,22?,25+,28+,29-/m0/s1. The normalized spacial score (nSPS) is 25.9. The molecule has 14 heteroatoms. The highest BCUT2D eigenvalue weighted by atomic mass is 35.5. The van der Waals surface area contributed by atoms with Gasteiger partial charge >= 0.3 is 5.97 Å². The Bertz CT molecular complexity index is 1850. The van der Waals surface area contributed by atoms with E-state index in [4.69, 9.17) is 26.8 Å². The van der Waals surface area contributed by atoms with Gasteiger partial charge in [-0.1, -0.05) is 54.6 Å². The number of aliphatic hydroxyl groups excluding tert-OH is 1. The predicted molar refractivity (Wildman–Crippen MR) is 156 cm³/mol. The number of carbonyl (C=O) groups is 1. The number of aliphatic hydroxyl groups is 2. The van der Waals surface area contributed by atoms with Crippen molar-refractivity contribution >= 4 is 45.9 Å². The van der Waals surface area contributed by atoms with Crippen LogP contribution in [0.15, 0.2) is 66.3 Å². The maximum atomic E-state index is 13.1. The molecule has 1 aliphatic heterocycles. The summed E-state index contributed by atoms with van der Waals surface area (Å²) < 4.78 is 13.7. The molecule has 1 unspecified atom stereocenters. The Kier molecular flexibility index (Phi) is 6.50. The van der Waals surface area contributed by atoms with Gasteiger partial charge in [0, 0.05) is 11.8 Å². The summed E-state index contributed by atoms with van der Waals surface area (Å²) in [5.41, 5.74) is 5.36. The van der Waals surface area contributed by atoms with Crippen molar-refractivity contribution in [1.29, 1.82) is 0 Å². The number of aliphatic carboxylic acids is 1. The largest absolute Gasteiger partial charge is 0.479 e. The summed E-state index contributed by atoms with van der Waals surface area (Å²) in [6, 6.07) is 17.3. The topological polar surface area (TPSA) is 179 Å². The van der Waals surface area contributed by atoms with Gasteiger partial charge in [0.2, 0.25) is 10.9 Å². The maximum absolute atomic E-state index is 13.1. The van der Waals surface area contributed by atoms with Crippen molar-refractivity contribution in [1.82, 2.24) is 24.5 Å². The fourth-order valence-corrected chi connectivity index (χ4v) is 6.55. The number of hydrogen-bond acceptors (Lipinski definition) is 11. The highest BCUT2D eigenvalue weighted by Crippen LogP contribution is 2.57. The van der Waals surface area contributed by atoms with Crippen LogP contribution < -0.4 is 5.73 Å². The van der Waals surface area contributed by atoms with E-state index in [-0.39, 0.29) is 34.4 Å². The van der Waals surface area contributed by atoms with Crippen LogP contribution in [0.1, 0.15) is 22.5 Å². The number of rotatable bonds is 8. The summed E-state index contributed by atoms with van der Waals surface area (Å²) in [5, 5.41) is 35.6. The first-order valence-corrected chi connectivity index (χ1v) is 14.6. The minimum atomic E-state index is -1.97. The number of ether oxygens (including phenoxy) is 2. The Labute approximate surface area is 253 Å². The van der Waals surface area contributed by atoms with E-state index < -0.39 is 41.7 Å². The van der Waals surface area contributed by atoms with E-state index in [1.807, 2.05) is 54.6 Å². The Balaban J connectivity index is 1.19. The number of imidazole rings is 1. The Morgan fingerprint density at radius 2 is 1.88 bits per heavy atom. The van der Waals surface area contributed by atoms with Gasteiger partial charge in [-0.15, -0.1) is 11.3 Å². The number of aryl methyl sites for hydroxylation is 1. The molecule has 1 aliphatic carbocycles. The van der Waals surface area contributed by atoms with Gasteiger partial charge in [-0.25, -0.2) is 14.8 Å². The van der Waals surface area contributed by atoms with Gasteiger partial charge in [0.25, 0.3) is 0 Å². The monoisotopic (exact) mass is 620 g/mol. The van der Waals surface area contributed by atoms with Crippen molar-refractivity contribution in [3.8, 4) is 11.1 Å². The van der Waals surface area contributed by atoms with Crippen LogP contribution in [0.4, 0.5) is 5.82 Å². The molecule has 6 atom stereocenters. The van der Waals surface area contributed by atoms with E-state index in [0.29, 0.717) is 10.6 Å². The zero-order valence-electron chi connectivity index (χ0n) is 22.5. The number of aromatic nitrogens is 5. The van der Waals surface area contributed by atoms with Gasteiger partial charge in [0.05, 0.1) is 17.0 Å². The number of thiazole rings is 1. The minimum Gasteiger partial charge on any atom is -0.479 e. The maximum Gasteiger partial charge on any atom is 0.342 e. The van der Waals surface area contributed by atoms with Crippen LogP contribution in [0, 0.1) is 6.92 Å². The number of nitrogens with zero attached hydrogens (tertiary/aromatic N) is 5. The number of nitrogens with two attached hydrogens (primary N) is 1. The molecule has 0 spiro atoms. The van der Waals surface area contributed by atoms with E-state index in [1.165, 1.54) is 22.2 Å². The van der Waals surface area contributed by atoms with Gasteiger partial charge in [-0.3, -0.25) is 4.57 Å². The van der Waals surface area contributed by atoms with Crippen molar-refractivity contribution in [2.45, 2.75) is 49.1 Å². The molecule has 1 saturated heterocycles. The molecule has 4 heterocycles. The van der Waals surface area contributed by atoms with Crippen LogP contribution in [-0.2, 0) is 26.3 Å². The molecule has 220 valence electrons. The fourth-order valence-electron chi connectivity index (χ4n) is 5.70. The Morgan fingerprint density at radius 1 is 1.16 bits per heavy atom. The number of carboxylic acids is 1. The lowest BCUT2D eigenvalue weighted by molar-refractivity contribution is -0.186. The smallest absolute Gasteiger partial charge is 0.342 e. The average Bonchev–Trinajstić information content (AvgIpc) is 3.40. The molecule has 5 aromatic rings. The highest BCUT2D eigenvalue weighted by molar-refractivity contribution is 7.09. The van der Waals surface area contributed by atoms with Crippen molar-refractivity contribution < 1.29 is 29.6 Å². The quantitative estimate of drug-likeness (QED) is 0.187. The average molecular weight is 621 g/mol. The summed E-state index contributed by atoms with van der Waals surface area (Å²) in [6.45, 7) is 1.77. The Morgan fingerprint density at radius 3 is 2.51 bits per heavy atom. The van der Waals surface area contributed by atoms with Crippen molar-refractivity contribution in [3.63, 3.8) is 0 Å². The lowest BCUT2D eigenvalue weighted by Gasteiger charge is -2.31. The fraction of sp³-hybridized carbons (Fsp3) is 0.276. The van der Waals surface area contributed by atoms with Crippen LogP contribution in [-0.4, -0.2) is 69.7 Å². The number of fused-ring (bicyclic) bond motifs is 2. The molecule has 1 saturated carbocycles. The molecule has 0 bridgehead atoms. The summed E-state index contributed by atoms with van der Waals surface area (Å²) >= 11 is 7.26. The zero-order valence-corrected chi connectivity index (χ0v) is 24.1. The van der Waals surface area contributed by atoms with Crippen LogP contribution in [0.25, 0.3) is 22.3 Å². The second kappa shape index (κ2) is 10.0. The van der Waals surface area contributed by atoms with Crippen molar-refractivity contribution in [3.05, 3.63) is 87.9 Å². The second-order valence-corrected chi connectivity index (χ2v) is 12.0. The lowest BCUT2D eigenvalue weighted by Crippen LogP contribution is -2.46. The molecular weight excluding hydrogens is 596 g/mol. The molecule has 2 aromatic carbocycles. The molecule has 2 aliphatic rings. The van der Waals surface area contributed by atoms with Gasteiger partial charge in [0.15, 0.2) is 23.3 Å². The molecule has 5 N–H and O–H groups in total. The van der Waals surface area contributed by atoms with Gasteiger partial charge in [-0.2, -0.15) is 9.97 Å². The van der Waals surface area contributed by atoms with Crippen LogP contribution in [0.2, 0.25) is 5.28 Å². The van der Waals surface area contributed by atoms with Crippen molar-refractivity contribution in [2.24, 2.45) is 0 Å². The first-order valence-electron chi connectivity index (χ1n) is 13.3. The summed E-state index contributed by atoms with van der Waals surface area (Å²) in [6.07, 6.45) is -3.58. The molecule has 0 radical (unpaired) electrons. The summed E-state index contributed by atoms with van der Waals surface area (Å²) in [4.78, 5) is 29.7. The third-order valence-corrected chi connectivity index (χ3v) is 8.97. The van der Waals surface area contributed by atoms with Crippen LogP contribution in [0.3, 0.4) is 0 Å². The van der Waals surface area contributed by atoms with E-state index in [2.05, 4.69) is 19.9 Å². The first kappa shape index (κ1) is 27.8. The van der Waals surface area contributed by atoms with E-state index in [0.717, 1.165) is 11.1 Å². The molecule has 3 aromatic heterocycles. The van der Waals surface area contributed by atoms with E-state index in [1.54, 1.807) is 12.3 Å². The van der Waals surface area contributed by atoms with Gasteiger partial charge < -0.3 is 30.5 Å². The summed E-state index contributed by atoms with van der Waals surface area (Å²) in [7, 11) is 0. The number of benzene rings is 2. The molecule has 2 fully saturated rings. The second-order valence-electron chi connectivity index (χ2n) is 10.6. The van der Waals surface area contributed by atoms with Gasteiger partial charge in [0.1, 0.15) is 23.8 Å². The zero-order chi connectivity index (χ0) is 30.1.